The van der Waals surface area contributed by atoms with E-state index in [-0.39, 0.29) is 23.2 Å². The first kappa shape index (κ1) is 20.3. The third-order valence-electron chi connectivity index (χ3n) is 5.10. The first-order valence-corrected chi connectivity index (χ1v) is 9.46. The molecule has 1 aliphatic carbocycles. The van der Waals surface area contributed by atoms with Crippen LogP contribution in [0.1, 0.15) is 49.5 Å². The summed E-state index contributed by atoms with van der Waals surface area (Å²) in [6, 6.07) is 2.81. The summed E-state index contributed by atoms with van der Waals surface area (Å²) in [4.78, 5) is 46.3. The van der Waals surface area contributed by atoms with Crippen molar-refractivity contribution in [3.8, 4) is 17.3 Å². The zero-order chi connectivity index (χ0) is 21.0. The van der Waals surface area contributed by atoms with Crippen LogP contribution in [0.3, 0.4) is 0 Å². The fourth-order valence-electron chi connectivity index (χ4n) is 3.57. The van der Waals surface area contributed by atoms with Crippen LogP contribution in [0.25, 0.3) is 11.5 Å². The Morgan fingerprint density at radius 2 is 2.00 bits per heavy atom. The molecule has 154 valence electrons. The summed E-state index contributed by atoms with van der Waals surface area (Å²) in [6.07, 6.45) is 5.51. The quantitative estimate of drug-likeness (QED) is 0.514. The lowest BCUT2D eigenvalue weighted by Gasteiger charge is -2.28. The highest BCUT2D eigenvalue weighted by Gasteiger charge is 2.25. The van der Waals surface area contributed by atoms with E-state index < -0.39 is 29.0 Å². The van der Waals surface area contributed by atoms with Crippen LogP contribution in [-0.4, -0.2) is 43.2 Å². The lowest BCUT2D eigenvalue weighted by Crippen LogP contribution is -2.39. The van der Waals surface area contributed by atoms with Gasteiger partial charge >= 0.3 is 6.09 Å². The number of carbonyl (C=O) groups excluding carboxylic acids is 1. The average molecular weight is 401 g/mol. The third-order valence-corrected chi connectivity index (χ3v) is 5.10. The summed E-state index contributed by atoms with van der Waals surface area (Å²) in [5.74, 6) is -1.27. The maximum atomic E-state index is 12.7. The first-order valence-electron chi connectivity index (χ1n) is 9.46. The number of carboxylic acid groups (broad SMARTS) is 1. The summed E-state index contributed by atoms with van der Waals surface area (Å²) >= 11 is 0. The van der Waals surface area contributed by atoms with Crippen molar-refractivity contribution in [2.75, 3.05) is 5.32 Å². The smallest absolute Gasteiger partial charge is 0.409 e. The van der Waals surface area contributed by atoms with E-state index in [1.165, 1.54) is 24.8 Å². The van der Waals surface area contributed by atoms with Crippen LogP contribution in [0, 0.1) is 5.92 Å². The topological polar surface area (TPSA) is 157 Å². The average Bonchev–Trinajstić information content (AvgIpc) is 2.70. The summed E-state index contributed by atoms with van der Waals surface area (Å²) in [5, 5.41) is 24.0. The Morgan fingerprint density at radius 1 is 1.28 bits per heavy atom. The minimum Gasteiger partial charge on any atom is -0.501 e. The molecule has 2 heterocycles. The van der Waals surface area contributed by atoms with Crippen LogP contribution in [0.15, 0.2) is 23.1 Å². The number of amides is 2. The third kappa shape index (κ3) is 4.71. The molecule has 5 N–H and O–H groups in total. The molecule has 0 saturated heterocycles. The Bertz CT molecular complexity index is 968. The highest BCUT2D eigenvalue weighted by molar-refractivity contribution is 5.95. The van der Waals surface area contributed by atoms with E-state index in [1.54, 1.807) is 0 Å². The summed E-state index contributed by atoms with van der Waals surface area (Å²) < 4.78 is 0. The fraction of sp³-hybridized carbons (Fsp3) is 0.421. The monoisotopic (exact) mass is 401 g/mol. The molecular weight excluding hydrogens is 378 g/mol. The molecule has 0 aromatic carbocycles. The zero-order valence-electron chi connectivity index (χ0n) is 15.9. The zero-order valence-corrected chi connectivity index (χ0v) is 15.9. The van der Waals surface area contributed by atoms with E-state index in [1.807, 2.05) is 6.92 Å². The van der Waals surface area contributed by atoms with Crippen molar-refractivity contribution in [2.45, 2.75) is 45.1 Å². The molecule has 2 amide bonds. The molecular formula is C19H23N5O5. The number of pyridine rings is 1. The van der Waals surface area contributed by atoms with Gasteiger partial charge in [0.2, 0.25) is 5.75 Å². The van der Waals surface area contributed by atoms with Crippen LogP contribution < -0.4 is 16.2 Å². The van der Waals surface area contributed by atoms with E-state index >= 15 is 0 Å². The molecule has 2 aromatic heterocycles. The Labute approximate surface area is 166 Å². The Kier molecular flexibility index (Phi) is 6.10. The molecule has 1 atom stereocenters. The van der Waals surface area contributed by atoms with Crippen molar-refractivity contribution in [1.82, 2.24) is 20.3 Å². The van der Waals surface area contributed by atoms with Crippen LogP contribution >= 0.6 is 0 Å². The van der Waals surface area contributed by atoms with E-state index in [0.29, 0.717) is 5.92 Å². The molecule has 0 aliphatic heterocycles. The van der Waals surface area contributed by atoms with E-state index in [9.17, 15) is 19.5 Å². The second-order valence-electron chi connectivity index (χ2n) is 7.10. The molecule has 10 heteroatoms. The van der Waals surface area contributed by atoms with Gasteiger partial charge in [-0.25, -0.2) is 9.78 Å². The van der Waals surface area contributed by atoms with Crippen LogP contribution in [0.2, 0.25) is 0 Å². The van der Waals surface area contributed by atoms with Crippen molar-refractivity contribution in [1.29, 1.82) is 0 Å². The summed E-state index contributed by atoms with van der Waals surface area (Å²) in [5.41, 5.74) is -1.24. The molecule has 1 fully saturated rings. The van der Waals surface area contributed by atoms with Crippen molar-refractivity contribution < 1.29 is 19.8 Å². The van der Waals surface area contributed by atoms with Gasteiger partial charge in [-0.15, -0.1) is 0 Å². The molecule has 10 nitrogen and oxygen atoms in total. The van der Waals surface area contributed by atoms with Crippen LogP contribution in [0.5, 0.6) is 5.75 Å². The van der Waals surface area contributed by atoms with Gasteiger partial charge in [0.15, 0.2) is 11.5 Å². The van der Waals surface area contributed by atoms with Crippen molar-refractivity contribution >= 4 is 17.7 Å². The molecule has 29 heavy (non-hydrogen) atoms. The van der Waals surface area contributed by atoms with Crippen molar-refractivity contribution in [2.24, 2.45) is 5.92 Å². The van der Waals surface area contributed by atoms with Gasteiger partial charge in [-0.05, 0) is 37.8 Å². The number of rotatable bonds is 5. The second-order valence-corrected chi connectivity index (χ2v) is 7.10. The predicted molar refractivity (Wildman–Crippen MR) is 105 cm³/mol. The Hall–Kier alpha value is -3.43. The van der Waals surface area contributed by atoms with Gasteiger partial charge in [-0.1, -0.05) is 19.3 Å². The van der Waals surface area contributed by atoms with Gasteiger partial charge in [0.05, 0.1) is 5.69 Å². The lowest BCUT2D eigenvalue weighted by atomic mass is 9.84. The number of H-pyrrole nitrogens is 1. The molecule has 2 aromatic rings. The minimum atomic E-state index is -1.32. The number of aromatic nitrogens is 3. The Morgan fingerprint density at radius 3 is 2.69 bits per heavy atom. The van der Waals surface area contributed by atoms with Crippen molar-refractivity contribution in [3.63, 3.8) is 0 Å². The normalized spacial score (nSPS) is 15.5. The summed E-state index contributed by atoms with van der Waals surface area (Å²) in [6.45, 7) is 1.90. The van der Waals surface area contributed by atoms with Gasteiger partial charge in [-0.2, -0.15) is 0 Å². The number of hydrogen-bond acceptors (Lipinski definition) is 6. The minimum absolute atomic E-state index is 0.0291. The molecule has 3 rings (SSSR count). The number of nitrogens with one attached hydrogen (secondary N) is 3. The largest absolute Gasteiger partial charge is 0.501 e. The highest BCUT2D eigenvalue weighted by Crippen LogP contribution is 2.27. The molecule has 0 radical (unpaired) electrons. The summed E-state index contributed by atoms with van der Waals surface area (Å²) in [7, 11) is 0. The molecule has 1 saturated carbocycles. The standard InChI is InChI=1S/C19H23N5O5/c1-10(11-6-3-2-4-7-11)21-17(26)14-15(25)18(27)24-16(23-14)13-12(22-19(28)29)8-5-9-20-13/h5,8-11,22,25H,2-4,6-7H2,1H3,(H,21,26)(H,28,29)(H,23,24,27). The number of hydrogen-bond donors (Lipinski definition) is 5. The maximum absolute atomic E-state index is 12.7. The van der Waals surface area contributed by atoms with Gasteiger partial charge in [-0.3, -0.25) is 19.9 Å². The number of carbonyl (C=O) groups is 2. The predicted octanol–water partition coefficient (Wildman–Crippen LogP) is 2.33. The molecule has 0 spiro atoms. The van der Waals surface area contributed by atoms with E-state index in [4.69, 9.17) is 5.11 Å². The van der Waals surface area contributed by atoms with Gasteiger partial charge < -0.3 is 20.5 Å². The molecule has 1 unspecified atom stereocenters. The second kappa shape index (κ2) is 8.72. The van der Waals surface area contributed by atoms with Crippen molar-refractivity contribution in [3.05, 3.63) is 34.4 Å². The number of nitrogens with zero attached hydrogens (tertiary/aromatic N) is 2. The molecule has 0 bridgehead atoms. The first-order chi connectivity index (χ1) is 13.9. The Balaban J connectivity index is 1.91. The van der Waals surface area contributed by atoms with Crippen LogP contribution in [0.4, 0.5) is 10.5 Å². The van der Waals surface area contributed by atoms with E-state index in [2.05, 4.69) is 25.6 Å². The molecule has 1 aliphatic rings. The highest BCUT2D eigenvalue weighted by atomic mass is 16.4. The number of aromatic amines is 1. The lowest BCUT2D eigenvalue weighted by molar-refractivity contribution is 0.0910. The number of anilines is 1. The van der Waals surface area contributed by atoms with E-state index in [0.717, 1.165) is 25.7 Å². The SMILES string of the molecule is CC(NC(=O)c1nc(-c2ncccc2NC(=O)O)[nH]c(=O)c1O)C1CCCCC1. The van der Waals surface area contributed by atoms with Gasteiger partial charge in [0, 0.05) is 12.2 Å². The van der Waals surface area contributed by atoms with Gasteiger partial charge in [0.1, 0.15) is 5.69 Å². The number of aromatic hydroxyl groups is 1. The maximum Gasteiger partial charge on any atom is 0.409 e. The van der Waals surface area contributed by atoms with Crippen LogP contribution in [-0.2, 0) is 0 Å². The fourth-order valence-corrected chi connectivity index (χ4v) is 3.57. The van der Waals surface area contributed by atoms with Gasteiger partial charge in [0.25, 0.3) is 11.5 Å².